The number of benzene rings is 8. The molecule has 8 aromatic rings. The molecule has 364 valence electrons. The largest absolute Gasteiger partial charge is 1.00 e. The summed E-state index contributed by atoms with van der Waals surface area (Å²) in [7, 11) is -20.6. The number of hydrogen-bond acceptors (Lipinski definition) is 18. The molecular weight excluding hydrogens is 1110 g/mol. The quantitative estimate of drug-likeness (QED) is 0.0305. The second-order valence-electron chi connectivity index (χ2n) is 15.1. The average molecular weight is 1140 g/mol. The van der Waals surface area contributed by atoms with E-state index in [9.17, 15) is 62.3 Å². The van der Waals surface area contributed by atoms with Crippen LogP contribution in [-0.2, 0) is 40.5 Å². The number of hydrogen-bond donors (Lipinski definition) is 2. The Hall–Kier alpha value is -4.34. The summed E-state index contributed by atoms with van der Waals surface area (Å²) in [5.74, 6) is 0. The molecule has 2 N–H and O–H groups in total. The van der Waals surface area contributed by atoms with Crippen molar-refractivity contribution in [3.8, 4) is 0 Å². The molecule has 8 aromatic carbocycles. The third-order valence-corrected chi connectivity index (χ3v) is 13.8. The minimum absolute atomic E-state index is 0. The van der Waals surface area contributed by atoms with Gasteiger partial charge in [0.2, 0.25) is 0 Å². The molecule has 8 rings (SSSR count). The van der Waals surface area contributed by atoms with Crippen LogP contribution >= 0.6 is 0 Å². The standard InChI is InChI=1S/C46H32N8O14S4.4Na/c55-53(51-43-23-21-41(49-47-31-7-3-1-4-8-31)39-27-35(69(57,58)59)17-19-37(39)43)33-15-13-29(45(25-33)71(63,64)65)11-12-30-14-16-34(26-46(30)72(66,67)68)54(56)52-44-24-22-42(50-48-32-9-5-2-6-10-32)40-28-36(70(60,61)62)18-20-38(40)44;;;;/h1-28H,(H4-2,51,52,55,56,57,58,59,60,61,62,63,64,65,66,67,68);;;;/q;4*+1/p-2/b12-11+;;;;. The van der Waals surface area contributed by atoms with Gasteiger partial charge in [-0.1, -0.05) is 60.7 Å². The van der Waals surface area contributed by atoms with Crippen LogP contribution in [0.1, 0.15) is 11.1 Å². The zero-order valence-corrected chi connectivity index (χ0v) is 51.4. The van der Waals surface area contributed by atoms with E-state index in [-0.39, 0.29) is 195 Å². The first-order valence-corrected chi connectivity index (χ1v) is 25.9. The molecule has 0 aliphatic rings. The fourth-order valence-corrected chi connectivity index (χ4v) is 9.34. The van der Waals surface area contributed by atoms with Crippen molar-refractivity contribution in [3.63, 3.8) is 0 Å². The first-order chi connectivity index (χ1) is 34.0. The van der Waals surface area contributed by atoms with Crippen LogP contribution in [0.15, 0.2) is 208 Å². The molecular formula is C46H30N8Na4O14S4+2. The molecule has 0 bridgehead atoms. The molecule has 76 heavy (non-hydrogen) atoms. The van der Waals surface area contributed by atoms with Crippen LogP contribution in [0.2, 0.25) is 0 Å². The first kappa shape index (κ1) is 64.2. The maximum Gasteiger partial charge on any atom is 1.00 e. The Kier molecular flexibility index (Phi) is 22.4. The summed E-state index contributed by atoms with van der Waals surface area (Å²) in [6.45, 7) is 0. The SMILES string of the molecule is O=S(=O)([O-])c1ccc2c(N=[N+](O)c3ccc(/C=C/c4ccc([N+](O)=Nc5ccc(N=Nc6ccccc6)c6cc(S(=O)(=O)[O-])ccc56)cc4S(=O)(=O)[O-])c(S(=O)(=O)[O-])c3)ccc(N=Nc3ccccc3)c2c1.[Na+].[Na+].[Na+].[Na+]. The van der Waals surface area contributed by atoms with E-state index in [0.717, 1.165) is 72.8 Å². The number of azo groups is 4. The second kappa shape index (κ2) is 26.5. The van der Waals surface area contributed by atoms with Crippen molar-refractivity contribution >= 4 is 120 Å². The van der Waals surface area contributed by atoms with Gasteiger partial charge in [0.15, 0.2) is 0 Å². The van der Waals surface area contributed by atoms with Gasteiger partial charge in [-0.05, 0) is 96.1 Å². The van der Waals surface area contributed by atoms with E-state index in [1.54, 1.807) is 60.7 Å². The molecule has 0 amide bonds. The van der Waals surface area contributed by atoms with E-state index in [2.05, 4.69) is 30.7 Å². The van der Waals surface area contributed by atoms with Crippen LogP contribution in [0, 0.1) is 0 Å². The van der Waals surface area contributed by atoms with Crippen molar-refractivity contribution in [2.45, 2.75) is 19.6 Å². The molecule has 30 heteroatoms. The molecule has 0 spiro atoms. The van der Waals surface area contributed by atoms with Crippen LogP contribution in [0.3, 0.4) is 0 Å². The zero-order valence-electron chi connectivity index (χ0n) is 40.2. The van der Waals surface area contributed by atoms with Gasteiger partial charge in [0.05, 0.1) is 52.6 Å². The third-order valence-electron chi connectivity index (χ3n) is 10.4. The van der Waals surface area contributed by atoms with Gasteiger partial charge >= 0.3 is 118 Å². The van der Waals surface area contributed by atoms with Gasteiger partial charge in [0.1, 0.15) is 61.6 Å². The Morgan fingerprint density at radius 2 is 0.711 bits per heavy atom. The van der Waals surface area contributed by atoms with Crippen LogP contribution in [0.5, 0.6) is 0 Å². The van der Waals surface area contributed by atoms with Crippen LogP contribution < -0.4 is 118 Å². The number of nitrogens with zero attached hydrogens (tertiary/aromatic N) is 8. The van der Waals surface area contributed by atoms with E-state index in [1.807, 2.05) is 0 Å². The molecule has 0 aliphatic heterocycles. The minimum atomic E-state index is -5.36. The molecule has 0 saturated heterocycles. The van der Waals surface area contributed by atoms with Gasteiger partial charge in [0.25, 0.3) is 11.4 Å². The van der Waals surface area contributed by atoms with E-state index < -0.39 is 60.1 Å². The Labute approximate surface area is 522 Å². The summed E-state index contributed by atoms with van der Waals surface area (Å²) in [5, 5.41) is 47.4. The summed E-state index contributed by atoms with van der Waals surface area (Å²) in [4.78, 5) is -2.63. The second-order valence-corrected chi connectivity index (χ2v) is 20.5. The summed E-state index contributed by atoms with van der Waals surface area (Å²) < 4.78 is 147. The van der Waals surface area contributed by atoms with E-state index in [1.165, 1.54) is 36.4 Å². The van der Waals surface area contributed by atoms with Crippen molar-refractivity contribution in [1.29, 1.82) is 0 Å². The fourth-order valence-electron chi connectivity index (χ4n) is 6.97. The van der Waals surface area contributed by atoms with E-state index in [4.69, 9.17) is 0 Å². The van der Waals surface area contributed by atoms with Crippen LogP contribution in [0.4, 0.5) is 45.5 Å². The molecule has 22 nitrogen and oxygen atoms in total. The summed E-state index contributed by atoms with van der Waals surface area (Å²) >= 11 is 0. The first-order valence-electron chi connectivity index (χ1n) is 20.3. The monoisotopic (exact) mass is 1140 g/mol. The smallest absolute Gasteiger partial charge is 0.744 e. The third kappa shape index (κ3) is 15.7. The summed E-state index contributed by atoms with van der Waals surface area (Å²) in [6.07, 6.45) is 1.99. The Balaban J connectivity index is 0.00000312. The normalized spacial score (nSPS) is 12.6. The molecule has 0 fully saturated rings. The van der Waals surface area contributed by atoms with Crippen molar-refractivity contribution < 1.29 is 190 Å². The number of fused-ring (bicyclic) bond motifs is 2. The number of rotatable bonds is 14. The molecule has 0 aromatic heterocycles. The Morgan fingerprint density at radius 3 is 1.04 bits per heavy atom. The maximum absolute atomic E-state index is 12.6. The topological polar surface area (TPSA) is 349 Å². The van der Waals surface area contributed by atoms with Crippen molar-refractivity contribution in [2.75, 3.05) is 0 Å². The van der Waals surface area contributed by atoms with Gasteiger partial charge in [-0.25, -0.2) is 33.7 Å². The Bertz CT molecular complexity index is 3880. The van der Waals surface area contributed by atoms with Crippen LogP contribution in [-0.4, -0.2) is 72.0 Å². The van der Waals surface area contributed by atoms with Gasteiger partial charge in [0, 0.05) is 45.8 Å². The van der Waals surface area contributed by atoms with Gasteiger partial charge < -0.3 is 18.2 Å². The molecule has 0 unspecified atom stereocenters. The molecule has 0 aliphatic carbocycles. The van der Waals surface area contributed by atoms with Crippen molar-refractivity contribution in [2.24, 2.45) is 30.7 Å². The van der Waals surface area contributed by atoms with Crippen molar-refractivity contribution in [1.82, 2.24) is 0 Å². The van der Waals surface area contributed by atoms with E-state index in [0.29, 0.717) is 11.4 Å². The van der Waals surface area contributed by atoms with Gasteiger partial charge in [-0.3, -0.25) is 10.4 Å². The summed E-state index contributed by atoms with van der Waals surface area (Å²) in [5.41, 5.74) is -0.386. The molecule has 0 radical (unpaired) electrons. The predicted molar refractivity (Wildman–Crippen MR) is 250 cm³/mol. The average Bonchev–Trinajstić information content (AvgIpc) is 3.34. The van der Waals surface area contributed by atoms with Crippen LogP contribution in [0.25, 0.3) is 33.7 Å². The molecule has 0 heterocycles. The van der Waals surface area contributed by atoms with Gasteiger partial charge in [-0.15, -0.1) is 10.2 Å². The minimum Gasteiger partial charge on any atom is -0.744 e. The fraction of sp³-hybridized carbons (Fsp3) is 0. The maximum atomic E-state index is 12.6. The van der Waals surface area contributed by atoms with E-state index >= 15 is 0 Å². The Morgan fingerprint density at radius 1 is 0.368 bits per heavy atom. The summed E-state index contributed by atoms with van der Waals surface area (Å²) in [6, 6.07) is 34.9. The van der Waals surface area contributed by atoms with Crippen molar-refractivity contribution in [3.05, 3.63) is 169 Å². The zero-order chi connectivity index (χ0) is 51.6. The predicted octanol–water partition coefficient (Wildman–Crippen LogP) is -1.74. The molecule has 0 atom stereocenters. The molecule has 0 saturated carbocycles. The van der Waals surface area contributed by atoms with Gasteiger partial charge in [-0.2, -0.15) is 10.2 Å².